The van der Waals surface area contributed by atoms with Crippen molar-refractivity contribution in [3.8, 4) is 0 Å². The van der Waals surface area contributed by atoms with E-state index in [2.05, 4.69) is 0 Å². The molecular formula is C12H16O3S. The van der Waals surface area contributed by atoms with E-state index in [4.69, 9.17) is 0 Å². The van der Waals surface area contributed by atoms with Gasteiger partial charge < -0.3 is 5.11 Å². The fourth-order valence-electron chi connectivity index (χ4n) is 2.11. The fraction of sp³-hybridized carbons (Fsp3) is 0.500. The molecule has 16 heavy (non-hydrogen) atoms. The Morgan fingerprint density at radius 3 is 2.69 bits per heavy atom. The number of benzene rings is 1. The van der Waals surface area contributed by atoms with Crippen LogP contribution in [0.4, 0.5) is 0 Å². The minimum absolute atomic E-state index is 0.0566. The van der Waals surface area contributed by atoms with Gasteiger partial charge >= 0.3 is 0 Å². The highest BCUT2D eigenvalue weighted by Crippen LogP contribution is 2.35. The van der Waals surface area contributed by atoms with E-state index in [1.54, 1.807) is 6.07 Å². The number of hydrogen-bond donors (Lipinski definition) is 1. The third-order valence-electron chi connectivity index (χ3n) is 3.17. The van der Waals surface area contributed by atoms with Gasteiger partial charge in [0.05, 0.1) is 17.3 Å². The van der Waals surface area contributed by atoms with Crippen LogP contribution in [0.25, 0.3) is 0 Å². The molecule has 88 valence electrons. The van der Waals surface area contributed by atoms with Crippen LogP contribution in [0.2, 0.25) is 0 Å². The molecule has 4 heteroatoms. The number of hydrogen-bond acceptors (Lipinski definition) is 3. The van der Waals surface area contributed by atoms with E-state index in [1.807, 2.05) is 26.0 Å². The van der Waals surface area contributed by atoms with Gasteiger partial charge in [0.2, 0.25) is 0 Å². The zero-order valence-corrected chi connectivity index (χ0v) is 10.3. The van der Waals surface area contributed by atoms with Crippen molar-refractivity contribution in [3.63, 3.8) is 0 Å². The molecule has 0 fully saturated rings. The second-order valence-electron chi connectivity index (χ2n) is 4.90. The molecule has 1 N–H and O–H groups in total. The molecule has 0 bridgehead atoms. The molecule has 0 atom stereocenters. The van der Waals surface area contributed by atoms with Crippen molar-refractivity contribution in [1.29, 1.82) is 0 Å². The number of rotatable bonds is 2. The summed E-state index contributed by atoms with van der Waals surface area (Å²) in [5, 5.41) is 9.35. The minimum atomic E-state index is -3.14. The van der Waals surface area contributed by atoms with Crippen molar-refractivity contribution in [3.05, 3.63) is 29.3 Å². The topological polar surface area (TPSA) is 54.4 Å². The molecule has 1 aromatic rings. The number of aryl methyl sites for hydroxylation is 1. The number of aliphatic hydroxyl groups is 1. The van der Waals surface area contributed by atoms with Gasteiger partial charge in [-0.1, -0.05) is 32.0 Å². The molecular weight excluding hydrogens is 224 g/mol. The monoisotopic (exact) mass is 240 g/mol. The fourth-order valence-corrected chi connectivity index (χ4v) is 4.06. The van der Waals surface area contributed by atoms with Crippen LogP contribution >= 0.6 is 0 Å². The van der Waals surface area contributed by atoms with Gasteiger partial charge in [-0.05, 0) is 17.5 Å². The SMILES string of the molecule is CC(C)(CO)c1cccc2c1S(=O)(=O)CC2. The van der Waals surface area contributed by atoms with Gasteiger partial charge in [0.15, 0.2) is 9.84 Å². The molecule has 0 saturated heterocycles. The average molecular weight is 240 g/mol. The predicted octanol–water partition coefficient (Wildman–Crippen LogP) is 1.29. The van der Waals surface area contributed by atoms with Gasteiger partial charge in [-0.25, -0.2) is 8.42 Å². The molecule has 0 aliphatic carbocycles. The van der Waals surface area contributed by atoms with E-state index >= 15 is 0 Å². The van der Waals surface area contributed by atoms with Crippen LogP contribution in [0.3, 0.4) is 0 Å². The van der Waals surface area contributed by atoms with Gasteiger partial charge in [-0.15, -0.1) is 0 Å². The van der Waals surface area contributed by atoms with Gasteiger partial charge in [-0.3, -0.25) is 0 Å². The van der Waals surface area contributed by atoms with Gasteiger partial charge in [0.25, 0.3) is 0 Å². The highest BCUT2D eigenvalue weighted by Gasteiger charge is 2.34. The lowest BCUT2D eigenvalue weighted by atomic mass is 9.84. The highest BCUT2D eigenvalue weighted by molar-refractivity contribution is 7.91. The first-order valence-corrected chi connectivity index (χ1v) is 7.00. The van der Waals surface area contributed by atoms with E-state index in [0.717, 1.165) is 11.1 Å². The number of fused-ring (bicyclic) bond motifs is 1. The van der Waals surface area contributed by atoms with Crippen molar-refractivity contribution in [2.24, 2.45) is 0 Å². The summed E-state index contributed by atoms with van der Waals surface area (Å²) in [6, 6.07) is 5.53. The van der Waals surface area contributed by atoms with Crippen LogP contribution in [0.5, 0.6) is 0 Å². The normalized spacial score (nSPS) is 18.4. The molecule has 1 aromatic carbocycles. The van der Waals surface area contributed by atoms with Crippen LogP contribution in [0.15, 0.2) is 23.1 Å². The molecule has 0 radical (unpaired) electrons. The van der Waals surface area contributed by atoms with Crippen LogP contribution in [0.1, 0.15) is 25.0 Å². The Hall–Kier alpha value is -0.870. The molecule has 0 spiro atoms. The molecule has 0 saturated carbocycles. The molecule has 0 unspecified atom stereocenters. The van der Waals surface area contributed by atoms with Crippen molar-refractivity contribution >= 4 is 9.84 Å². The van der Waals surface area contributed by atoms with E-state index in [0.29, 0.717) is 11.3 Å². The molecule has 0 aromatic heterocycles. The van der Waals surface area contributed by atoms with Gasteiger partial charge in [0, 0.05) is 5.41 Å². The van der Waals surface area contributed by atoms with Crippen molar-refractivity contribution < 1.29 is 13.5 Å². The maximum Gasteiger partial charge on any atom is 0.179 e. The number of aliphatic hydroxyl groups excluding tert-OH is 1. The summed E-state index contributed by atoms with van der Waals surface area (Å²) in [6.07, 6.45) is 0.590. The van der Waals surface area contributed by atoms with Crippen LogP contribution < -0.4 is 0 Å². The van der Waals surface area contributed by atoms with Crippen LogP contribution in [-0.2, 0) is 21.7 Å². The van der Waals surface area contributed by atoms with Gasteiger partial charge in [-0.2, -0.15) is 0 Å². The summed E-state index contributed by atoms with van der Waals surface area (Å²) in [6.45, 7) is 3.66. The molecule has 1 aliphatic rings. The van der Waals surface area contributed by atoms with E-state index in [1.165, 1.54) is 0 Å². The Morgan fingerprint density at radius 2 is 2.06 bits per heavy atom. The Labute approximate surface area is 96.0 Å². The summed E-state index contributed by atoms with van der Waals surface area (Å²) in [5.74, 6) is 0.195. The van der Waals surface area contributed by atoms with Crippen molar-refractivity contribution in [2.45, 2.75) is 30.6 Å². The lowest BCUT2D eigenvalue weighted by Crippen LogP contribution is -2.24. The van der Waals surface area contributed by atoms with Crippen LogP contribution in [0, 0.1) is 0 Å². The largest absolute Gasteiger partial charge is 0.395 e. The van der Waals surface area contributed by atoms with Crippen molar-refractivity contribution in [1.82, 2.24) is 0 Å². The lowest BCUT2D eigenvalue weighted by molar-refractivity contribution is 0.216. The zero-order chi connectivity index (χ0) is 12.0. The first kappa shape index (κ1) is 11.6. The molecule has 1 aliphatic heterocycles. The van der Waals surface area contributed by atoms with Crippen molar-refractivity contribution in [2.75, 3.05) is 12.4 Å². The van der Waals surface area contributed by atoms with E-state index in [9.17, 15) is 13.5 Å². The third kappa shape index (κ3) is 1.66. The third-order valence-corrected chi connectivity index (χ3v) is 5.02. The zero-order valence-electron chi connectivity index (χ0n) is 9.53. The maximum atomic E-state index is 12.0. The lowest BCUT2D eigenvalue weighted by Gasteiger charge is -2.24. The first-order chi connectivity index (χ1) is 7.38. The Morgan fingerprint density at radius 1 is 1.38 bits per heavy atom. The predicted molar refractivity (Wildman–Crippen MR) is 62.3 cm³/mol. The standard InChI is InChI=1S/C12H16O3S/c1-12(2,8-13)10-5-3-4-9-6-7-16(14,15)11(9)10/h3-5,13H,6-8H2,1-2H3. The minimum Gasteiger partial charge on any atom is -0.395 e. The molecule has 2 rings (SSSR count). The summed E-state index contributed by atoms with van der Waals surface area (Å²) in [7, 11) is -3.14. The summed E-state index contributed by atoms with van der Waals surface area (Å²) < 4.78 is 23.9. The highest BCUT2D eigenvalue weighted by atomic mass is 32.2. The average Bonchev–Trinajstić information content (AvgIpc) is 2.55. The summed E-state index contributed by atoms with van der Waals surface area (Å²) >= 11 is 0. The second kappa shape index (κ2) is 3.57. The number of sulfone groups is 1. The Balaban J connectivity index is 2.71. The second-order valence-corrected chi connectivity index (χ2v) is 6.95. The summed E-state index contributed by atoms with van der Waals surface area (Å²) in [5.41, 5.74) is 1.12. The van der Waals surface area contributed by atoms with E-state index < -0.39 is 15.3 Å². The Kier molecular flexibility index (Phi) is 2.59. The molecule has 3 nitrogen and oxygen atoms in total. The molecule has 0 amide bonds. The maximum absolute atomic E-state index is 12.0. The smallest absolute Gasteiger partial charge is 0.179 e. The van der Waals surface area contributed by atoms with E-state index in [-0.39, 0.29) is 12.4 Å². The Bertz CT molecular complexity index is 515. The summed E-state index contributed by atoms with van der Waals surface area (Å²) in [4.78, 5) is 0.453. The quantitative estimate of drug-likeness (QED) is 0.847. The first-order valence-electron chi connectivity index (χ1n) is 5.34. The van der Waals surface area contributed by atoms with Crippen LogP contribution in [-0.4, -0.2) is 25.9 Å². The van der Waals surface area contributed by atoms with Gasteiger partial charge in [0.1, 0.15) is 0 Å². The molecule has 1 heterocycles.